The Morgan fingerprint density at radius 3 is 2.34 bits per heavy atom. The Morgan fingerprint density at radius 1 is 1.13 bits per heavy atom. The number of aryl methyl sites for hydroxylation is 1. The normalized spacial score (nSPS) is 21.0. The summed E-state index contributed by atoms with van der Waals surface area (Å²) in [7, 11) is -4.86. The second-order valence-electron chi connectivity index (χ2n) is 8.82. The highest BCUT2D eigenvalue weighted by Crippen LogP contribution is 2.50. The van der Waals surface area contributed by atoms with Crippen LogP contribution in [-0.4, -0.2) is 49.6 Å². The van der Waals surface area contributed by atoms with Crippen molar-refractivity contribution < 1.29 is 48.3 Å². The molecule has 38 heavy (non-hydrogen) atoms. The van der Waals surface area contributed by atoms with Gasteiger partial charge in [0.2, 0.25) is 0 Å². The average Bonchev–Trinajstić information content (AvgIpc) is 3.21. The molecule has 2 aromatic carbocycles. The Hall–Kier alpha value is -2.91. The predicted molar refractivity (Wildman–Crippen MR) is 120 cm³/mol. The van der Waals surface area contributed by atoms with Crippen LogP contribution >= 0.6 is 11.6 Å². The summed E-state index contributed by atoms with van der Waals surface area (Å²) in [6.45, 7) is 0.974. The summed E-state index contributed by atoms with van der Waals surface area (Å²) in [5, 5.41) is 5.47. The molecule has 2 aliphatic rings. The molecule has 1 N–H and O–H groups in total. The maximum atomic E-state index is 14.2. The smallest absolute Gasteiger partial charge is 0.374 e. The molecule has 1 fully saturated rings. The van der Waals surface area contributed by atoms with Crippen LogP contribution in [0.3, 0.4) is 0 Å². The molecule has 0 spiro atoms. The molecule has 0 radical (unpaired) electrons. The van der Waals surface area contributed by atoms with E-state index >= 15 is 0 Å². The molecular formula is C22H17ClF7N3O4S. The van der Waals surface area contributed by atoms with Crippen LogP contribution < -0.4 is 5.32 Å². The Morgan fingerprint density at radius 2 is 1.79 bits per heavy atom. The molecule has 1 atom stereocenters. The van der Waals surface area contributed by atoms with Gasteiger partial charge in [-0.2, -0.15) is 39.1 Å². The number of hydrogen-bond donors (Lipinski definition) is 1. The molecule has 0 aliphatic carbocycles. The van der Waals surface area contributed by atoms with Crippen LogP contribution in [0.25, 0.3) is 0 Å². The maximum Gasteiger partial charge on any atom is 0.435 e. The molecule has 1 amide bonds. The lowest BCUT2D eigenvalue weighted by Crippen LogP contribution is -2.60. The number of benzene rings is 2. The van der Waals surface area contributed by atoms with Crippen LogP contribution in [0, 0.1) is 6.92 Å². The van der Waals surface area contributed by atoms with E-state index in [1.807, 2.05) is 0 Å². The molecule has 0 bridgehead atoms. The number of rotatable bonds is 5. The van der Waals surface area contributed by atoms with Crippen molar-refractivity contribution in [1.29, 1.82) is 0 Å². The molecule has 0 aromatic heterocycles. The first-order valence-electron chi connectivity index (χ1n) is 10.7. The Kier molecular flexibility index (Phi) is 6.94. The molecule has 206 valence electrons. The third kappa shape index (κ3) is 5.31. The highest BCUT2D eigenvalue weighted by atomic mass is 35.5. The topological polar surface area (TPSA) is 88.1 Å². The number of nitrogens with one attached hydrogen (secondary N) is 1. The lowest BCUT2D eigenvalue weighted by atomic mass is 9.85. The number of halogens is 8. The highest BCUT2D eigenvalue weighted by Gasteiger charge is 2.62. The van der Waals surface area contributed by atoms with Crippen LogP contribution in [0.5, 0.6) is 0 Å². The lowest BCUT2D eigenvalue weighted by Gasteiger charge is -2.35. The van der Waals surface area contributed by atoms with Crippen molar-refractivity contribution >= 4 is 33.6 Å². The number of alkyl halides is 6. The average molecular weight is 588 g/mol. The minimum Gasteiger partial charge on any atom is -0.374 e. The summed E-state index contributed by atoms with van der Waals surface area (Å²) in [5.74, 6) is -0.622. The summed E-state index contributed by atoms with van der Waals surface area (Å²) in [4.78, 5) is 17.3. The van der Waals surface area contributed by atoms with Crippen LogP contribution in [0.15, 0.2) is 41.6 Å². The molecule has 4 rings (SSSR count). The summed E-state index contributed by atoms with van der Waals surface area (Å²) in [5.41, 5.74) is -5.17. The number of carbonyl (C=O) groups excluding carboxylic acids is 1. The molecule has 2 aliphatic heterocycles. The fourth-order valence-corrected chi connectivity index (χ4v) is 5.06. The molecule has 0 unspecified atom stereocenters. The van der Waals surface area contributed by atoms with Gasteiger partial charge in [-0.25, -0.2) is 0 Å². The summed E-state index contributed by atoms with van der Waals surface area (Å²) < 4.78 is 117. The third-order valence-corrected chi connectivity index (χ3v) is 7.31. The fourth-order valence-electron chi connectivity index (χ4n) is 4.11. The first-order valence-corrected chi connectivity index (χ1v) is 12.4. The van der Waals surface area contributed by atoms with Gasteiger partial charge in [-0.1, -0.05) is 26.7 Å². The molecule has 2 aromatic rings. The van der Waals surface area contributed by atoms with Gasteiger partial charge < -0.3 is 10.2 Å². The second-order valence-corrected chi connectivity index (χ2v) is 10.6. The Labute approximate surface area is 216 Å². The SMILES string of the molecule is Cc1cc(C2=NO[C@@](c3cc(Cl)cc(C(F)(F)F)c3)(C(F)(F)F)C2)ccc1C(=O)NC1CN(S(=O)(=O)F)C1. The van der Waals surface area contributed by atoms with Gasteiger partial charge in [0.25, 0.3) is 11.5 Å². The number of amides is 1. The number of nitrogens with zero attached hydrogens (tertiary/aromatic N) is 2. The van der Waals surface area contributed by atoms with Crippen LogP contribution in [0.4, 0.5) is 30.2 Å². The van der Waals surface area contributed by atoms with E-state index in [1.165, 1.54) is 25.1 Å². The van der Waals surface area contributed by atoms with E-state index < -0.39 is 62.9 Å². The zero-order valence-corrected chi connectivity index (χ0v) is 20.7. The predicted octanol–water partition coefficient (Wildman–Crippen LogP) is 4.88. The van der Waals surface area contributed by atoms with Crippen LogP contribution in [-0.2, 0) is 27.0 Å². The van der Waals surface area contributed by atoms with E-state index in [0.29, 0.717) is 22.0 Å². The van der Waals surface area contributed by atoms with Crippen molar-refractivity contribution in [3.63, 3.8) is 0 Å². The van der Waals surface area contributed by atoms with Gasteiger partial charge in [0.15, 0.2) is 0 Å². The van der Waals surface area contributed by atoms with Gasteiger partial charge in [-0.05, 0) is 48.4 Å². The molecule has 7 nitrogen and oxygen atoms in total. The molecule has 0 saturated carbocycles. The molecule has 16 heteroatoms. The minimum atomic E-state index is -5.18. The zero-order chi connectivity index (χ0) is 28.3. The van der Waals surface area contributed by atoms with E-state index in [9.17, 15) is 43.4 Å². The van der Waals surface area contributed by atoms with Crippen molar-refractivity contribution in [2.75, 3.05) is 13.1 Å². The van der Waals surface area contributed by atoms with Gasteiger partial charge in [-0.15, -0.1) is 0 Å². The van der Waals surface area contributed by atoms with Gasteiger partial charge in [0.05, 0.1) is 17.3 Å². The second kappa shape index (κ2) is 9.38. The van der Waals surface area contributed by atoms with Crippen molar-refractivity contribution in [1.82, 2.24) is 9.62 Å². The van der Waals surface area contributed by atoms with E-state index in [2.05, 4.69) is 10.5 Å². The van der Waals surface area contributed by atoms with Crippen molar-refractivity contribution in [2.45, 2.75) is 37.3 Å². The first kappa shape index (κ1) is 28.1. The standard InChI is InChI=1S/C22H17ClF7N3O4S/c1-11-4-12(2-3-17(11)19(34)31-16-9-33(10-16)38(30,35)36)18-8-20(37-32-18,22(27,28)29)13-5-14(21(24,25)26)7-15(23)6-13/h2-7,16H,8-10H2,1H3,(H,31,34)/t20-/m0/s1. The number of oxime groups is 1. The van der Waals surface area contributed by atoms with E-state index in [4.69, 9.17) is 16.4 Å². The fraction of sp³-hybridized carbons (Fsp3) is 0.364. The van der Waals surface area contributed by atoms with E-state index in [1.54, 1.807) is 0 Å². The molecule has 2 heterocycles. The maximum absolute atomic E-state index is 14.2. The summed E-state index contributed by atoms with van der Waals surface area (Å²) in [6.07, 6.45) is -11.1. The van der Waals surface area contributed by atoms with Gasteiger partial charge in [-0.3, -0.25) is 4.79 Å². The minimum absolute atomic E-state index is 0.113. The summed E-state index contributed by atoms with van der Waals surface area (Å²) >= 11 is 5.70. The zero-order valence-electron chi connectivity index (χ0n) is 19.1. The first-order chi connectivity index (χ1) is 17.4. The Balaban J connectivity index is 1.56. The highest BCUT2D eigenvalue weighted by molar-refractivity contribution is 7.84. The van der Waals surface area contributed by atoms with Crippen LogP contribution in [0.1, 0.15) is 39.0 Å². The van der Waals surface area contributed by atoms with E-state index in [-0.39, 0.29) is 29.9 Å². The Bertz CT molecular complexity index is 1420. The monoisotopic (exact) mass is 587 g/mol. The van der Waals surface area contributed by atoms with E-state index in [0.717, 1.165) is 6.07 Å². The van der Waals surface area contributed by atoms with Crippen molar-refractivity contribution in [3.8, 4) is 0 Å². The van der Waals surface area contributed by atoms with Crippen molar-refractivity contribution in [2.24, 2.45) is 5.16 Å². The molecular weight excluding hydrogens is 571 g/mol. The van der Waals surface area contributed by atoms with Gasteiger partial charge in [0.1, 0.15) is 0 Å². The molecule has 1 saturated heterocycles. The summed E-state index contributed by atoms with van der Waals surface area (Å²) in [6, 6.07) is 4.84. The third-order valence-electron chi connectivity index (χ3n) is 6.17. The van der Waals surface area contributed by atoms with Crippen molar-refractivity contribution in [3.05, 3.63) is 69.2 Å². The largest absolute Gasteiger partial charge is 0.435 e. The lowest BCUT2D eigenvalue weighted by molar-refractivity contribution is -0.276. The van der Waals surface area contributed by atoms with Crippen LogP contribution in [0.2, 0.25) is 5.02 Å². The quantitative estimate of drug-likeness (QED) is 0.399. The number of carbonyl (C=O) groups is 1. The van der Waals surface area contributed by atoms with Gasteiger partial charge in [0, 0.05) is 35.7 Å². The van der Waals surface area contributed by atoms with Gasteiger partial charge >= 0.3 is 22.8 Å². The number of hydrogen-bond acceptors (Lipinski definition) is 5.